The van der Waals surface area contributed by atoms with Crippen LogP contribution in [0.4, 0.5) is 0 Å². The lowest BCUT2D eigenvalue weighted by Gasteiger charge is -2.34. The van der Waals surface area contributed by atoms with Crippen molar-refractivity contribution in [3.05, 3.63) is 17.5 Å². The number of hydrogen-bond acceptors (Lipinski definition) is 5. The van der Waals surface area contributed by atoms with Gasteiger partial charge in [0.25, 0.3) is 0 Å². The summed E-state index contributed by atoms with van der Waals surface area (Å²) in [6.07, 6.45) is 3.10. The Morgan fingerprint density at radius 3 is 2.48 bits per heavy atom. The van der Waals surface area contributed by atoms with Crippen LogP contribution in [0.5, 0.6) is 0 Å². The van der Waals surface area contributed by atoms with E-state index < -0.39 is 0 Å². The highest BCUT2D eigenvalue weighted by Gasteiger charge is 2.24. The lowest BCUT2D eigenvalue weighted by molar-refractivity contribution is -0.131. The quantitative estimate of drug-likeness (QED) is 0.625. The molecule has 0 aliphatic carbocycles. The van der Waals surface area contributed by atoms with Crippen LogP contribution in [0.2, 0.25) is 0 Å². The molecule has 1 aromatic rings. The maximum absolute atomic E-state index is 12.6. The number of aryl methyl sites for hydroxylation is 2. The van der Waals surface area contributed by atoms with E-state index in [2.05, 4.69) is 27.1 Å². The van der Waals surface area contributed by atoms with E-state index in [9.17, 15) is 4.79 Å². The molecule has 0 atom stereocenters. The first kappa shape index (κ1) is 20.2. The van der Waals surface area contributed by atoms with Crippen molar-refractivity contribution in [3.63, 3.8) is 0 Å². The van der Waals surface area contributed by atoms with Crippen molar-refractivity contribution in [2.45, 2.75) is 51.2 Å². The van der Waals surface area contributed by atoms with Gasteiger partial charge in [-0.15, -0.1) is 12.4 Å². The summed E-state index contributed by atoms with van der Waals surface area (Å²) < 4.78 is 0. The molecule has 7 heteroatoms. The summed E-state index contributed by atoms with van der Waals surface area (Å²) in [6, 6.07) is 2.33. The van der Waals surface area contributed by atoms with Crippen LogP contribution in [0.1, 0.15) is 37.6 Å². The molecule has 0 unspecified atom stereocenters. The summed E-state index contributed by atoms with van der Waals surface area (Å²) >= 11 is 1.45. The van der Waals surface area contributed by atoms with Crippen LogP contribution >= 0.6 is 24.2 Å². The third kappa shape index (κ3) is 6.28. The number of halogens is 1. The number of rotatable bonds is 6. The Kier molecular flexibility index (Phi) is 8.87. The van der Waals surface area contributed by atoms with Gasteiger partial charge in [0.15, 0.2) is 5.16 Å². The number of carbonyl (C=O) groups excluding carboxylic acids is 1. The van der Waals surface area contributed by atoms with Crippen LogP contribution in [-0.4, -0.2) is 52.2 Å². The van der Waals surface area contributed by atoms with Gasteiger partial charge < -0.3 is 10.2 Å². The predicted octanol–water partition coefficient (Wildman–Crippen LogP) is 2.60. The Bertz CT molecular complexity index is 489. The van der Waals surface area contributed by atoms with Gasteiger partial charge in [-0.1, -0.05) is 18.7 Å². The third-order valence-corrected chi connectivity index (χ3v) is 4.65. The topological polar surface area (TPSA) is 58.1 Å². The molecule has 1 N–H and O–H groups in total. The van der Waals surface area contributed by atoms with E-state index in [1.54, 1.807) is 0 Å². The van der Waals surface area contributed by atoms with Crippen LogP contribution in [0.3, 0.4) is 0 Å². The minimum Gasteiger partial charge on any atom is -0.339 e. The molecular formula is C16H27ClN4OS. The van der Waals surface area contributed by atoms with E-state index in [0.29, 0.717) is 17.0 Å². The third-order valence-electron chi connectivity index (χ3n) is 3.82. The van der Waals surface area contributed by atoms with Gasteiger partial charge in [0, 0.05) is 24.0 Å². The molecule has 0 spiro atoms. The molecule has 1 saturated heterocycles. The minimum absolute atomic E-state index is 0. The first-order chi connectivity index (χ1) is 10.6. The van der Waals surface area contributed by atoms with E-state index in [-0.39, 0.29) is 18.3 Å². The van der Waals surface area contributed by atoms with Crippen molar-refractivity contribution in [1.29, 1.82) is 0 Å². The van der Waals surface area contributed by atoms with Gasteiger partial charge in [-0.3, -0.25) is 4.79 Å². The minimum atomic E-state index is 0. The summed E-state index contributed by atoms with van der Waals surface area (Å²) in [5, 5.41) is 4.06. The number of nitrogens with zero attached hydrogens (tertiary/aromatic N) is 3. The fraction of sp³-hybridized carbons (Fsp3) is 0.688. The number of carbonyl (C=O) groups is 1. The molecule has 1 aliphatic heterocycles. The Morgan fingerprint density at radius 1 is 1.30 bits per heavy atom. The molecule has 0 radical (unpaired) electrons. The monoisotopic (exact) mass is 358 g/mol. The van der Waals surface area contributed by atoms with Crippen molar-refractivity contribution in [2.75, 3.05) is 25.4 Å². The van der Waals surface area contributed by atoms with E-state index in [1.807, 2.05) is 19.9 Å². The van der Waals surface area contributed by atoms with E-state index >= 15 is 0 Å². The number of piperidine rings is 1. The van der Waals surface area contributed by atoms with Gasteiger partial charge in [0.05, 0.1) is 5.75 Å². The molecule has 0 aromatic carbocycles. The molecule has 5 nitrogen and oxygen atoms in total. The van der Waals surface area contributed by atoms with Gasteiger partial charge >= 0.3 is 0 Å². The van der Waals surface area contributed by atoms with Gasteiger partial charge in [0.2, 0.25) is 5.91 Å². The second-order valence-electron chi connectivity index (χ2n) is 5.79. The van der Waals surface area contributed by atoms with Crippen LogP contribution in [-0.2, 0) is 4.79 Å². The second kappa shape index (κ2) is 10.1. The van der Waals surface area contributed by atoms with Crippen molar-refractivity contribution < 1.29 is 4.79 Å². The fourth-order valence-corrected chi connectivity index (χ4v) is 3.67. The number of amides is 1. The van der Waals surface area contributed by atoms with E-state index in [0.717, 1.165) is 50.3 Å². The summed E-state index contributed by atoms with van der Waals surface area (Å²) in [4.78, 5) is 23.5. The van der Waals surface area contributed by atoms with E-state index in [4.69, 9.17) is 0 Å². The Hall–Kier alpha value is -0.850. The highest BCUT2D eigenvalue weighted by molar-refractivity contribution is 7.99. The van der Waals surface area contributed by atoms with Crippen molar-refractivity contribution in [2.24, 2.45) is 0 Å². The number of hydrogen-bond donors (Lipinski definition) is 1. The molecule has 1 aromatic heterocycles. The first-order valence-electron chi connectivity index (χ1n) is 8.05. The van der Waals surface area contributed by atoms with Gasteiger partial charge in [-0.2, -0.15) is 0 Å². The van der Waals surface area contributed by atoms with Crippen molar-refractivity contribution in [3.8, 4) is 0 Å². The van der Waals surface area contributed by atoms with E-state index in [1.165, 1.54) is 11.8 Å². The molecule has 0 bridgehead atoms. The zero-order valence-electron chi connectivity index (χ0n) is 14.2. The van der Waals surface area contributed by atoms with Crippen molar-refractivity contribution in [1.82, 2.24) is 20.2 Å². The summed E-state index contributed by atoms with van der Waals surface area (Å²) in [7, 11) is 0. The molecule has 23 heavy (non-hydrogen) atoms. The largest absolute Gasteiger partial charge is 0.339 e. The zero-order chi connectivity index (χ0) is 15.9. The van der Waals surface area contributed by atoms with Crippen molar-refractivity contribution >= 4 is 30.1 Å². The smallest absolute Gasteiger partial charge is 0.233 e. The molecule has 1 fully saturated rings. The Morgan fingerprint density at radius 2 is 1.91 bits per heavy atom. The number of nitrogens with one attached hydrogen (secondary N) is 1. The first-order valence-corrected chi connectivity index (χ1v) is 9.04. The fourth-order valence-electron chi connectivity index (χ4n) is 2.84. The molecule has 0 saturated carbocycles. The molecule has 1 aliphatic rings. The lowest BCUT2D eigenvalue weighted by atomic mass is 10.0. The number of thioether (sulfide) groups is 1. The second-order valence-corrected chi connectivity index (χ2v) is 6.73. The molecule has 1 amide bonds. The molecule has 130 valence electrons. The predicted molar refractivity (Wildman–Crippen MR) is 97.4 cm³/mol. The van der Waals surface area contributed by atoms with Gasteiger partial charge in [-0.05, 0) is 52.3 Å². The Labute approximate surface area is 149 Å². The summed E-state index contributed by atoms with van der Waals surface area (Å²) in [5.74, 6) is 0.633. The molecule has 2 rings (SSSR count). The van der Waals surface area contributed by atoms with Crippen LogP contribution < -0.4 is 5.32 Å². The summed E-state index contributed by atoms with van der Waals surface area (Å²) in [6.45, 7) is 8.90. The van der Waals surface area contributed by atoms with Crippen LogP contribution in [0.25, 0.3) is 0 Å². The summed E-state index contributed by atoms with van der Waals surface area (Å²) in [5.41, 5.74) is 1.90. The highest BCUT2D eigenvalue weighted by Crippen LogP contribution is 2.18. The van der Waals surface area contributed by atoms with Crippen LogP contribution in [0, 0.1) is 13.8 Å². The van der Waals surface area contributed by atoms with Gasteiger partial charge in [-0.25, -0.2) is 9.97 Å². The highest BCUT2D eigenvalue weighted by atomic mass is 35.5. The maximum atomic E-state index is 12.6. The standard InChI is InChI=1S/C16H26N4OS.ClH/c1-4-9-20(14-5-7-17-8-6-14)15(21)11-22-16-18-12(2)10-13(3)19-16;/h10,14,17H,4-9,11H2,1-3H3;1H. The Balaban J connectivity index is 0.00000264. The van der Waals surface area contributed by atoms with Gasteiger partial charge in [0.1, 0.15) is 0 Å². The average Bonchev–Trinajstić information content (AvgIpc) is 2.50. The molecule has 2 heterocycles. The maximum Gasteiger partial charge on any atom is 0.233 e. The SMILES string of the molecule is CCCN(C(=O)CSc1nc(C)cc(C)n1)C1CCNCC1.Cl. The van der Waals surface area contributed by atoms with Crippen LogP contribution in [0.15, 0.2) is 11.2 Å². The molecular weight excluding hydrogens is 332 g/mol. The normalized spacial score (nSPS) is 15.1. The average molecular weight is 359 g/mol. The number of aromatic nitrogens is 2. The lowest BCUT2D eigenvalue weighted by Crippen LogP contribution is -2.47. The zero-order valence-corrected chi connectivity index (χ0v) is 15.8.